The van der Waals surface area contributed by atoms with Crippen LogP contribution in [0.5, 0.6) is 0 Å². The first-order chi connectivity index (χ1) is 9.54. The second-order valence-corrected chi connectivity index (χ2v) is 4.84. The van der Waals surface area contributed by atoms with Crippen LogP contribution in [0.15, 0.2) is 6.33 Å². The van der Waals surface area contributed by atoms with Gasteiger partial charge < -0.3 is 15.1 Å². The van der Waals surface area contributed by atoms with E-state index in [2.05, 4.69) is 29.1 Å². The lowest BCUT2D eigenvalue weighted by Crippen LogP contribution is -2.38. The zero-order chi connectivity index (χ0) is 15.1. The van der Waals surface area contributed by atoms with Crippen molar-refractivity contribution in [3.63, 3.8) is 0 Å². The molecule has 0 aliphatic heterocycles. The normalized spacial score (nSPS) is 10.2. The molecule has 1 aromatic rings. The minimum absolute atomic E-state index is 0.0742. The average molecular weight is 279 g/mol. The summed E-state index contributed by atoms with van der Waals surface area (Å²) in [5.74, 6) is 1.75. The van der Waals surface area contributed by atoms with Crippen molar-refractivity contribution >= 4 is 17.5 Å². The molecule has 1 aromatic heterocycles. The Bertz CT molecular complexity index is 447. The number of nitrogens with zero attached hydrogens (tertiary/aromatic N) is 4. The maximum absolute atomic E-state index is 12.0. The van der Waals surface area contributed by atoms with E-state index in [1.165, 1.54) is 0 Å². The molecule has 0 unspecified atom stereocenters. The Morgan fingerprint density at radius 2 is 2.00 bits per heavy atom. The Morgan fingerprint density at radius 1 is 1.30 bits per heavy atom. The smallest absolute Gasteiger partial charge is 0.241 e. The van der Waals surface area contributed by atoms with Crippen LogP contribution in [0.4, 0.5) is 11.6 Å². The third-order valence-corrected chi connectivity index (χ3v) is 3.13. The molecule has 0 saturated carbocycles. The topological polar surface area (TPSA) is 61.4 Å². The standard InChI is InChI=1S/C14H25N5O/c1-6-8-19(9-12(20)18(4)5)14-11(7-2)13(15-3)16-10-17-14/h10H,6-9H2,1-5H3,(H,15,16,17). The van der Waals surface area contributed by atoms with E-state index >= 15 is 0 Å². The summed E-state index contributed by atoms with van der Waals surface area (Å²) < 4.78 is 0. The van der Waals surface area contributed by atoms with Gasteiger partial charge in [-0.1, -0.05) is 13.8 Å². The molecule has 1 N–H and O–H groups in total. The van der Waals surface area contributed by atoms with Gasteiger partial charge in [-0.2, -0.15) is 0 Å². The van der Waals surface area contributed by atoms with Crippen molar-refractivity contribution in [3.8, 4) is 0 Å². The zero-order valence-electron chi connectivity index (χ0n) is 13.1. The van der Waals surface area contributed by atoms with E-state index in [9.17, 15) is 4.79 Å². The Morgan fingerprint density at radius 3 is 2.50 bits per heavy atom. The summed E-state index contributed by atoms with van der Waals surface area (Å²) in [5.41, 5.74) is 1.05. The first kappa shape index (κ1) is 16.2. The van der Waals surface area contributed by atoms with E-state index in [0.29, 0.717) is 6.54 Å². The van der Waals surface area contributed by atoms with Crippen molar-refractivity contribution in [2.75, 3.05) is 44.4 Å². The number of likely N-dealkylation sites (N-methyl/N-ethyl adjacent to an activating group) is 1. The second kappa shape index (κ2) is 7.67. The second-order valence-electron chi connectivity index (χ2n) is 4.84. The molecule has 0 aromatic carbocycles. The van der Waals surface area contributed by atoms with Gasteiger partial charge in [0.2, 0.25) is 5.91 Å². The number of carbonyl (C=O) groups is 1. The summed E-state index contributed by atoms with van der Waals surface area (Å²) in [6, 6.07) is 0. The Hall–Kier alpha value is -1.85. The molecule has 0 atom stereocenters. The van der Waals surface area contributed by atoms with Crippen LogP contribution in [0.2, 0.25) is 0 Å². The number of hydrogen-bond donors (Lipinski definition) is 1. The molecule has 0 aliphatic rings. The summed E-state index contributed by atoms with van der Waals surface area (Å²) in [6.07, 6.45) is 3.33. The maximum atomic E-state index is 12.0. The van der Waals surface area contributed by atoms with Gasteiger partial charge in [0, 0.05) is 33.3 Å². The highest BCUT2D eigenvalue weighted by Crippen LogP contribution is 2.23. The largest absolute Gasteiger partial charge is 0.373 e. The number of carbonyl (C=O) groups excluding carboxylic acids is 1. The monoisotopic (exact) mass is 279 g/mol. The molecule has 0 fully saturated rings. The third-order valence-electron chi connectivity index (χ3n) is 3.13. The van der Waals surface area contributed by atoms with Gasteiger partial charge in [0.15, 0.2) is 0 Å². The van der Waals surface area contributed by atoms with Crippen LogP contribution in [-0.4, -0.2) is 55.0 Å². The fourth-order valence-corrected chi connectivity index (χ4v) is 2.05. The molecular formula is C14H25N5O. The molecule has 6 nitrogen and oxygen atoms in total. The average Bonchev–Trinajstić information content (AvgIpc) is 2.45. The van der Waals surface area contributed by atoms with Crippen LogP contribution in [0.1, 0.15) is 25.8 Å². The molecule has 0 saturated heterocycles. The molecule has 1 rings (SSSR count). The van der Waals surface area contributed by atoms with Gasteiger partial charge in [-0.3, -0.25) is 4.79 Å². The third kappa shape index (κ3) is 3.82. The lowest BCUT2D eigenvalue weighted by Gasteiger charge is -2.26. The van der Waals surface area contributed by atoms with Crippen LogP contribution < -0.4 is 10.2 Å². The van der Waals surface area contributed by atoms with Crippen molar-refractivity contribution in [2.45, 2.75) is 26.7 Å². The predicted molar refractivity (Wildman–Crippen MR) is 82.2 cm³/mol. The summed E-state index contributed by atoms with van der Waals surface area (Å²) >= 11 is 0. The van der Waals surface area contributed by atoms with E-state index in [1.54, 1.807) is 25.3 Å². The zero-order valence-corrected chi connectivity index (χ0v) is 13.1. The SMILES string of the molecule is CCCN(CC(=O)N(C)C)c1ncnc(NC)c1CC. The highest BCUT2D eigenvalue weighted by atomic mass is 16.2. The van der Waals surface area contributed by atoms with Gasteiger partial charge in [-0.15, -0.1) is 0 Å². The molecule has 0 bridgehead atoms. The van der Waals surface area contributed by atoms with Crippen molar-refractivity contribution in [3.05, 3.63) is 11.9 Å². The molecule has 0 aliphatic carbocycles. The first-order valence-corrected chi connectivity index (χ1v) is 7.01. The molecule has 112 valence electrons. The highest BCUT2D eigenvalue weighted by molar-refractivity contribution is 5.81. The molecule has 0 radical (unpaired) electrons. The van der Waals surface area contributed by atoms with E-state index in [4.69, 9.17) is 0 Å². The summed E-state index contributed by atoms with van der Waals surface area (Å²) in [4.78, 5) is 24.3. The Kier molecular flexibility index (Phi) is 6.21. The molecule has 1 heterocycles. The van der Waals surface area contributed by atoms with Gasteiger partial charge in [-0.25, -0.2) is 9.97 Å². The van der Waals surface area contributed by atoms with Gasteiger partial charge in [0.25, 0.3) is 0 Å². The van der Waals surface area contributed by atoms with Crippen LogP contribution in [-0.2, 0) is 11.2 Å². The van der Waals surface area contributed by atoms with Crippen molar-refractivity contribution in [2.24, 2.45) is 0 Å². The number of aromatic nitrogens is 2. The van der Waals surface area contributed by atoms with Crippen LogP contribution in [0.3, 0.4) is 0 Å². The number of nitrogens with one attached hydrogen (secondary N) is 1. The van der Waals surface area contributed by atoms with E-state index in [-0.39, 0.29) is 5.91 Å². The van der Waals surface area contributed by atoms with E-state index in [1.807, 2.05) is 11.9 Å². The minimum atomic E-state index is 0.0742. The number of anilines is 2. The number of hydrogen-bond acceptors (Lipinski definition) is 5. The van der Waals surface area contributed by atoms with Crippen molar-refractivity contribution in [1.29, 1.82) is 0 Å². The molecule has 0 spiro atoms. The van der Waals surface area contributed by atoms with Crippen molar-refractivity contribution < 1.29 is 4.79 Å². The quantitative estimate of drug-likeness (QED) is 0.817. The first-order valence-electron chi connectivity index (χ1n) is 7.01. The van der Waals surface area contributed by atoms with Crippen LogP contribution in [0, 0.1) is 0 Å². The van der Waals surface area contributed by atoms with Gasteiger partial charge in [0.05, 0.1) is 6.54 Å². The predicted octanol–water partition coefficient (Wildman–Crippen LogP) is 1.39. The maximum Gasteiger partial charge on any atom is 0.241 e. The number of amides is 1. The summed E-state index contributed by atoms with van der Waals surface area (Å²) in [5, 5.41) is 3.09. The van der Waals surface area contributed by atoms with E-state index < -0.39 is 0 Å². The molecule has 1 amide bonds. The van der Waals surface area contributed by atoms with Gasteiger partial charge >= 0.3 is 0 Å². The van der Waals surface area contributed by atoms with E-state index in [0.717, 1.165) is 36.6 Å². The molecule has 6 heteroatoms. The number of rotatable bonds is 7. The summed E-state index contributed by atoms with van der Waals surface area (Å²) in [7, 11) is 5.39. The van der Waals surface area contributed by atoms with Gasteiger partial charge in [-0.05, 0) is 12.8 Å². The summed E-state index contributed by atoms with van der Waals surface area (Å²) in [6.45, 7) is 5.31. The van der Waals surface area contributed by atoms with Crippen LogP contribution >= 0.6 is 0 Å². The van der Waals surface area contributed by atoms with Crippen molar-refractivity contribution in [1.82, 2.24) is 14.9 Å². The fourth-order valence-electron chi connectivity index (χ4n) is 2.05. The lowest BCUT2D eigenvalue weighted by molar-refractivity contribution is -0.127. The highest BCUT2D eigenvalue weighted by Gasteiger charge is 2.18. The molecule has 20 heavy (non-hydrogen) atoms. The van der Waals surface area contributed by atoms with Gasteiger partial charge in [0.1, 0.15) is 18.0 Å². The Balaban J connectivity index is 3.11. The Labute approximate surface area is 121 Å². The minimum Gasteiger partial charge on any atom is -0.373 e. The molecular weight excluding hydrogens is 254 g/mol. The lowest BCUT2D eigenvalue weighted by atomic mass is 10.2. The fraction of sp³-hybridized carbons (Fsp3) is 0.643. The van der Waals surface area contributed by atoms with Crippen LogP contribution in [0.25, 0.3) is 0 Å².